The number of halogens is 1. The topological polar surface area (TPSA) is 52.8 Å². The van der Waals surface area contributed by atoms with Gasteiger partial charge in [-0.05, 0) is 31.4 Å². The Morgan fingerprint density at radius 3 is 1.67 bits per heavy atom. The molecule has 0 radical (unpaired) electrons. The van der Waals surface area contributed by atoms with Crippen molar-refractivity contribution in [3.63, 3.8) is 0 Å². The summed E-state index contributed by atoms with van der Waals surface area (Å²) in [5, 5.41) is 25.5. The second-order valence-electron chi connectivity index (χ2n) is 8.43. The van der Waals surface area contributed by atoms with E-state index in [9.17, 15) is 10.3 Å². The maximum absolute atomic E-state index is 11.9. The molecule has 33 heavy (non-hydrogen) atoms. The van der Waals surface area contributed by atoms with Gasteiger partial charge in [0.05, 0.1) is 25.3 Å². The van der Waals surface area contributed by atoms with E-state index in [1.165, 1.54) is 5.56 Å². The second kappa shape index (κ2) is 12.5. The van der Waals surface area contributed by atoms with Crippen LogP contribution in [0.5, 0.6) is 0 Å². The van der Waals surface area contributed by atoms with Gasteiger partial charge in [0.2, 0.25) is 0 Å². The molecule has 0 saturated heterocycles. The van der Waals surface area contributed by atoms with Gasteiger partial charge in [0, 0.05) is 12.0 Å². The van der Waals surface area contributed by atoms with E-state index in [2.05, 4.69) is 43.3 Å². The third kappa shape index (κ3) is 6.23. The van der Waals surface area contributed by atoms with Crippen LogP contribution in [0.1, 0.15) is 43.4 Å². The fourth-order valence-corrected chi connectivity index (χ4v) is 4.56. The zero-order valence-electron chi connectivity index (χ0n) is 19.6. The molecule has 4 nitrogen and oxygen atoms in total. The Balaban J connectivity index is 0.00000385. The third-order valence-corrected chi connectivity index (χ3v) is 6.67. The van der Waals surface area contributed by atoms with Crippen LogP contribution in [0.3, 0.4) is 0 Å². The van der Waals surface area contributed by atoms with Crippen LogP contribution in [0.25, 0.3) is 0 Å². The summed E-state index contributed by atoms with van der Waals surface area (Å²) in [7, 11) is 0. The first-order valence-electron chi connectivity index (χ1n) is 11.5. The fourth-order valence-electron chi connectivity index (χ4n) is 4.56. The van der Waals surface area contributed by atoms with Gasteiger partial charge in [-0.3, -0.25) is 0 Å². The molecule has 0 heterocycles. The molecule has 0 atom stereocenters. The molecule has 3 aromatic carbocycles. The highest BCUT2D eigenvalue weighted by atomic mass is 35.5. The fraction of sp³-hybridized carbons (Fsp3) is 0.321. The highest BCUT2D eigenvalue weighted by Gasteiger charge is 2.38. The largest absolute Gasteiger partial charge is 1.00 e. The minimum absolute atomic E-state index is 0. The number of hydrogen-bond donors (Lipinski definition) is 2. The average Bonchev–Trinajstić information content (AvgIpc) is 2.87. The lowest BCUT2D eigenvalue weighted by molar-refractivity contribution is -0.937. The molecular formula is C28H35ClN2O2. The Labute approximate surface area is 204 Å². The van der Waals surface area contributed by atoms with Crippen molar-refractivity contribution in [1.82, 2.24) is 0 Å². The lowest BCUT2D eigenvalue weighted by Crippen LogP contribution is -3.00. The van der Waals surface area contributed by atoms with Gasteiger partial charge in [0.25, 0.3) is 0 Å². The minimum atomic E-state index is -1.47. The summed E-state index contributed by atoms with van der Waals surface area (Å²) in [6.45, 7) is 8.44. The van der Waals surface area contributed by atoms with Gasteiger partial charge in [-0.15, -0.1) is 0 Å². The van der Waals surface area contributed by atoms with E-state index < -0.39 is 5.60 Å². The van der Waals surface area contributed by atoms with Crippen molar-refractivity contribution in [2.24, 2.45) is 5.16 Å². The number of rotatable bonds is 11. The van der Waals surface area contributed by atoms with Crippen molar-refractivity contribution in [3.8, 4) is 0 Å². The summed E-state index contributed by atoms with van der Waals surface area (Å²) in [6.07, 6.45) is 1.32. The summed E-state index contributed by atoms with van der Waals surface area (Å²) >= 11 is 0. The Bertz CT molecular complexity index is 935. The molecule has 0 aliphatic rings. The van der Waals surface area contributed by atoms with E-state index in [1.807, 2.05) is 66.7 Å². The highest BCUT2D eigenvalue weighted by molar-refractivity contribution is 5.96. The van der Waals surface area contributed by atoms with Crippen LogP contribution in [0.2, 0.25) is 0 Å². The van der Waals surface area contributed by atoms with Gasteiger partial charge in [-0.1, -0.05) is 96.2 Å². The molecule has 0 spiro atoms. The molecular weight excluding hydrogens is 432 g/mol. The number of quaternary nitrogens is 1. The number of nitrogens with zero attached hydrogens (tertiary/aromatic N) is 2. The number of hydrogen-bond acceptors (Lipinski definition) is 3. The summed E-state index contributed by atoms with van der Waals surface area (Å²) in [4.78, 5) is 0. The molecule has 3 aromatic rings. The molecule has 0 aliphatic heterocycles. The predicted molar refractivity (Wildman–Crippen MR) is 131 cm³/mol. The van der Waals surface area contributed by atoms with E-state index >= 15 is 0 Å². The number of benzene rings is 3. The van der Waals surface area contributed by atoms with E-state index in [0.717, 1.165) is 37.1 Å². The number of oxime groups is 1. The zero-order chi connectivity index (χ0) is 22.9. The average molecular weight is 467 g/mol. The van der Waals surface area contributed by atoms with Crippen LogP contribution in [-0.4, -0.2) is 40.1 Å². The molecule has 5 heteroatoms. The van der Waals surface area contributed by atoms with Gasteiger partial charge in [-0.2, -0.15) is 0 Å². The monoisotopic (exact) mass is 466 g/mol. The van der Waals surface area contributed by atoms with Gasteiger partial charge in [-0.25, -0.2) is 0 Å². The molecule has 0 unspecified atom stereocenters. The predicted octanol–water partition coefficient (Wildman–Crippen LogP) is 2.59. The van der Waals surface area contributed by atoms with Crippen molar-refractivity contribution in [2.75, 3.05) is 19.6 Å². The second-order valence-corrected chi connectivity index (χ2v) is 8.43. The van der Waals surface area contributed by atoms with E-state index in [-0.39, 0.29) is 12.4 Å². The Morgan fingerprint density at radius 1 is 0.788 bits per heavy atom. The van der Waals surface area contributed by atoms with Crippen LogP contribution in [-0.2, 0) is 12.1 Å². The summed E-state index contributed by atoms with van der Waals surface area (Å²) in [6, 6.07) is 29.5. The van der Waals surface area contributed by atoms with Gasteiger partial charge in [0.15, 0.2) is 5.60 Å². The first-order valence-corrected chi connectivity index (χ1v) is 11.5. The van der Waals surface area contributed by atoms with Gasteiger partial charge >= 0.3 is 0 Å². The van der Waals surface area contributed by atoms with Crippen LogP contribution in [0.4, 0.5) is 0 Å². The Hall–Kier alpha value is -2.66. The van der Waals surface area contributed by atoms with Crippen molar-refractivity contribution < 1.29 is 27.2 Å². The van der Waals surface area contributed by atoms with Crippen LogP contribution < -0.4 is 12.4 Å². The summed E-state index contributed by atoms with van der Waals surface area (Å²) in [5.41, 5.74) is 1.65. The van der Waals surface area contributed by atoms with Gasteiger partial charge in [0.1, 0.15) is 6.54 Å². The third-order valence-electron chi connectivity index (χ3n) is 6.67. The van der Waals surface area contributed by atoms with E-state index in [4.69, 9.17) is 0 Å². The van der Waals surface area contributed by atoms with Crippen molar-refractivity contribution in [1.29, 1.82) is 0 Å². The molecule has 0 fully saturated rings. The summed E-state index contributed by atoms with van der Waals surface area (Å²) in [5.74, 6) is 0. The smallest absolute Gasteiger partial charge is 0.156 e. The van der Waals surface area contributed by atoms with Crippen LogP contribution in [0.15, 0.2) is 96.2 Å². The van der Waals surface area contributed by atoms with Crippen molar-refractivity contribution in [3.05, 3.63) is 108 Å². The molecule has 3 rings (SSSR count). The lowest BCUT2D eigenvalue weighted by Gasteiger charge is -2.37. The van der Waals surface area contributed by atoms with Crippen LogP contribution in [0, 0.1) is 0 Å². The molecule has 0 bridgehead atoms. The highest BCUT2D eigenvalue weighted by Crippen LogP contribution is 2.33. The Morgan fingerprint density at radius 2 is 1.24 bits per heavy atom. The molecule has 2 N–H and O–H groups in total. The zero-order valence-corrected chi connectivity index (χ0v) is 20.3. The first kappa shape index (κ1) is 26.6. The normalized spacial score (nSPS) is 12.3. The van der Waals surface area contributed by atoms with Gasteiger partial charge < -0.3 is 27.2 Å². The first-order chi connectivity index (χ1) is 15.6. The SMILES string of the molecule is CC[N+](CC)(CCCC(=NO)C(O)(c1ccccc1)c1ccccc1)Cc1ccccc1.[Cl-]. The summed E-state index contributed by atoms with van der Waals surface area (Å²) < 4.78 is 0.956. The molecule has 0 aromatic heterocycles. The lowest BCUT2D eigenvalue weighted by atomic mass is 9.80. The minimum Gasteiger partial charge on any atom is -1.00 e. The van der Waals surface area contributed by atoms with E-state index in [1.54, 1.807) is 0 Å². The van der Waals surface area contributed by atoms with Crippen molar-refractivity contribution in [2.45, 2.75) is 38.8 Å². The molecule has 0 amide bonds. The standard InChI is InChI=1S/C28H34N2O2.ClH/c1-3-30(4-2,23-24-15-8-5-9-16-24)22-14-21-27(29-32)28(31,25-17-10-6-11-18-25)26-19-12-7-13-20-26;/h5-13,15-20,31H,3-4,14,21-23H2,1-2H3;1H. The Kier molecular flexibility index (Phi) is 10.1. The molecule has 176 valence electrons. The quantitative estimate of drug-likeness (QED) is 0.197. The molecule has 0 aliphatic carbocycles. The van der Waals surface area contributed by atoms with Crippen molar-refractivity contribution >= 4 is 5.71 Å². The maximum Gasteiger partial charge on any atom is 0.156 e. The number of aliphatic hydroxyl groups is 1. The van der Waals surface area contributed by atoms with Crippen LogP contribution >= 0.6 is 0 Å². The van der Waals surface area contributed by atoms with E-state index in [0.29, 0.717) is 23.3 Å². The maximum atomic E-state index is 11.9. The molecule has 0 saturated carbocycles.